The Morgan fingerprint density at radius 1 is 1.45 bits per heavy atom. The molecule has 0 radical (unpaired) electrons. The number of thiazole rings is 1. The van der Waals surface area contributed by atoms with Crippen LogP contribution in [-0.2, 0) is 0 Å². The molecule has 1 fully saturated rings. The van der Waals surface area contributed by atoms with E-state index in [-0.39, 0.29) is 11.7 Å². The molecule has 1 atom stereocenters. The Morgan fingerprint density at radius 2 is 2.27 bits per heavy atom. The number of carbonyl (C=O) groups is 1. The molecule has 2 heterocycles. The Bertz CT molecular complexity index is 673. The molecule has 22 heavy (non-hydrogen) atoms. The monoisotopic (exact) mass is 319 g/mol. The number of benzene rings is 1. The van der Waals surface area contributed by atoms with Gasteiger partial charge in [-0.2, -0.15) is 0 Å². The SMILES string of the molecule is CNC1CCCN(C(=O)c2cnc(-c3ccccc3F)s2)C1. The van der Waals surface area contributed by atoms with Gasteiger partial charge in [0.1, 0.15) is 15.7 Å². The maximum absolute atomic E-state index is 13.8. The zero-order valence-corrected chi connectivity index (χ0v) is 13.2. The molecule has 2 aromatic rings. The van der Waals surface area contributed by atoms with Gasteiger partial charge in [0.05, 0.1) is 6.20 Å². The molecule has 1 aliphatic rings. The van der Waals surface area contributed by atoms with Crippen LogP contribution in [0.25, 0.3) is 10.6 Å². The second-order valence-corrected chi connectivity index (χ2v) is 6.42. The molecule has 0 bridgehead atoms. The van der Waals surface area contributed by atoms with E-state index in [9.17, 15) is 9.18 Å². The highest BCUT2D eigenvalue weighted by Crippen LogP contribution is 2.28. The summed E-state index contributed by atoms with van der Waals surface area (Å²) in [6.07, 6.45) is 3.64. The number of rotatable bonds is 3. The number of carbonyl (C=O) groups excluding carboxylic acids is 1. The molecular formula is C16H18FN3OS. The highest BCUT2D eigenvalue weighted by Gasteiger charge is 2.25. The number of hydrogen-bond donors (Lipinski definition) is 1. The van der Waals surface area contributed by atoms with E-state index in [1.54, 1.807) is 24.4 Å². The predicted molar refractivity (Wildman–Crippen MR) is 85.5 cm³/mol. The molecule has 3 rings (SSSR count). The smallest absolute Gasteiger partial charge is 0.265 e. The summed E-state index contributed by atoms with van der Waals surface area (Å²) >= 11 is 1.25. The second-order valence-electron chi connectivity index (χ2n) is 5.39. The van der Waals surface area contributed by atoms with Gasteiger partial charge in [-0.1, -0.05) is 12.1 Å². The number of nitrogens with zero attached hydrogens (tertiary/aromatic N) is 2. The highest BCUT2D eigenvalue weighted by molar-refractivity contribution is 7.16. The van der Waals surface area contributed by atoms with Crippen molar-refractivity contribution in [1.29, 1.82) is 0 Å². The Balaban J connectivity index is 1.79. The van der Waals surface area contributed by atoms with E-state index >= 15 is 0 Å². The van der Waals surface area contributed by atoms with Crippen molar-refractivity contribution in [2.75, 3.05) is 20.1 Å². The van der Waals surface area contributed by atoms with E-state index in [2.05, 4.69) is 10.3 Å². The van der Waals surface area contributed by atoms with Crippen molar-refractivity contribution < 1.29 is 9.18 Å². The van der Waals surface area contributed by atoms with Gasteiger partial charge in [-0.3, -0.25) is 4.79 Å². The van der Waals surface area contributed by atoms with E-state index in [1.807, 2.05) is 11.9 Å². The van der Waals surface area contributed by atoms with Crippen LogP contribution in [0, 0.1) is 5.82 Å². The summed E-state index contributed by atoms with van der Waals surface area (Å²) in [7, 11) is 1.92. The first-order chi connectivity index (χ1) is 10.7. The summed E-state index contributed by atoms with van der Waals surface area (Å²) in [4.78, 5) is 19.2. The third kappa shape index (κ3) is 3.03. The summed E-state index contributed by atoms with van der Waals surface area (Å²) in [6, 6.07) is 6.84. The number of piperidine rings is 1. The maximum atomic E-state index is 13.8. The first kappa shape index (κ1) is 15.1. The lowest BCUT2D eigenvalue weighted by Crippen LogP contribution is -2.46. The molecule has 0 spiro atoms. The van der Waals surface area contributed by atoms with Gasteiger partial charge < -0.3 is 10.2 Å². The summed E-state index contributed by atoms with van der Waals surface area (Å²) < 4.78 is 13.8. The first-order valence-electron chi connectivity index (χ1n) is 7.36. The van der Waals surface area contributed by atoms with Crippen molar-refractivity contribution >= 4 is 17.2 Å². The van der Waals surface area contributed by atoms with Gasteiger partial charge >= 0.3 is 0 Å². The molecule has 1 aromatic heterocycles. The van der Waals surface area contributed by atoms with E-state index in [0.717, 1.165) is 19.4 Å². The maximum Gasteiger partial charge on any atom is 0.265 e. The Labute approximate surface area is 133 Å². The van der Waals surface area contributed by atoms with E-state index in [1.165, 1.54) is 17.4 Å². The molecular weight excluding hydrogens is 301 g/mol. The number of likely N-dealkylation sites (N-methyl/N-ethyl adjacent to an activating group) is 1. The van der Waals surface area contributed by atoms with Crippen molar-refractivity contribution in [2.45, 2.75) is 18.9 Å². The van der Waals surface area contributed by atoms with Crippen LogP contribution >= 0.6 is 11.3 Å². The lowest BCUT2D eigenvalue weighted by atomic mass is 10.1. The van der Waals surface area contributed by atoms with Crippen LogP contribution in [0.2, 0.25) is 0 Å². The minimum absolute atomic E-state index is 0.0139. The van der Waals surface area contributed by atoms with Gasteiger partial charge in [0.2, 0.25) is 0 Å². The Hall–Kier alpha value is -1.79. The van der Waals surface area contributed by atoms with Crippen LogP contribution in [0.5, 0.6) is 0 Å². The highest BCUT2D eigenvalue weighted by atomic mass is 32.1. The Kier molecular flexibility index (Phi) is 4.49. The van der Waals surface area contributed by atoms with E-state index in [0.29, 0.717) is 28.0 Å². The average molecular weight is 319 g/mol. The van der Waals surface area contributed by atoms with Gasteiger partial charge in [0, 0.05) is 24.7 Å². The number of aromatic nitrogens is 1. The fraction of sp³-hybridized carbons (Fsp3) is 0.375. The zero-order valence-electron chi connectivity index (χ0n) is 12.4. The summed E-state index contributed by atoms with van der Waals surface area (Å²) in [5.41, 5.74) is 0.443. The van der Waals surface area contributed by atoms with Gasteiger partial charge in [-0.05, 0) is 32.0 Å². The average Bonchev–Trinajstić information content (AvgIpc) is 3.04. The Morgan fingerprint density at radius 3 is 3.05 bits per heavy atom. The van der Waals surface area contributed by atoms with E-state index in [4.69, 9.17) is 0 Å². The molecule has 0 saturated carbocycles. The molecule has 116 valence electrons. The summed E-state index contributed by atoms with van der Waals surface area (Å²) in [5.74, 6) is -0.330. The van der Waals surface area contributed by atoms with Crippen molar-refractivity contribution in [3.05, 3.63) is 41.2 Å². The molecule has 1 aliphatic heterocycles. The molecule has 0 aliphatic carbocycles. The molecule has 1 unspecified atom stereocenters. The van der Waals surface area contributed by atoms with Gasteiger partial charge in [-0.15, -0.1) is 11.3 Å². The first-order valence-corrected chi connectivity index (χ1v) is 8.18. The van der Waals surface area contributed by atoms with Crippen LogP contribution in [0.15, 0.2) is 30.5 Å². The lowest BCUT2D eigenvalue weighted by Gasteiger charge is -2.32. The van der Waals surface area contributed by atoms with E-state index < -0.39 is 0 Å². The van der Waals surface area contributed by atoms with Crippen LogP contribution < -0.4 is 5.32 Å². The summed E-state index contributed by atoms with van der Waals surface area (Å²) in [5, 5.41) is 3.77. The minimum atomic E-state index is -0.316. The fourth-order valence-corrected chi connectivity index (χ4v) is 3.60. The zero-order chi connectivity index (χ0) is 15.5. The number of likely N-dealkylation sites (tertiary alicyclic amines) is 1. The lowest BCUT2D eigenvalue weighted by molar-refractivity contribution is 0.0703. The van der Waals surface area contributed by atoms with Crippen LogP contribution in [-0.4, -0.2) is 42.0 Å². The largest absolute Gasteiger partial charge is 0.336 e. The topological polar surface area (TPSA) is 45.2 Å². The van der Waals surface area contributed by atoms with Gasteiger partial charge in [-0.25, -0.2) is 9.37 Å². The summed E-state index contributed by atoms with van der Waals surface area (Å²) in [6.45, 7) is 1.48. The molecule has 1 N–H and O–H groups in total. The number of nitrogens with one attached hydrogen (secondary N) is 1. The van der Waals surface area contributed by atoms with Crippen molar-refractivity contribution in [1.82, 2.24) is 15.2 Å². The van der Waals surface area contributed by atoms with Crippen molar-refractivity contribution in [2.24, 2.45) is 0 Å². The number of halogens is 1. The van der Waals surface area contributed by atoms with Crippen LogP contribution in [0.4, 0.5) is 4.39 Å². The van der Waals surface area contributed by atoms with Crippen LogP contribution in [0.1, 0.15) is 22.5 Å². The quantitative estimate of drug-likeness (QED) is 0.946. The number of amides is 1. The normalized spacial score (nSPS) is 18.5. The molecule has 1 amide bonds. The van der Waals surface area contributed by atoms with Gasteiger partial charge in [0.15, 0.2) is 0 Å². The van der Waals surface area contributed by atoms with Gasteiger partial charge in [0.25, 0.3) is 5.91 Å². The predicted octanol–water partition coefficient (Wildman–Crippen LogP) is 2.77. The fourth-order valence-electron chi connectivity index (χ4n) is 2.69. The standard InChI is InChI=1S/C16H18FN3OS/c1-18-11-5-4-8-20(10-11)16(21)14-9-19-15(22-14)12-6-2-3-7-13(12)17/h2-3,6-7,9,11,18H,4-5,8,10H2,1H3. The number of hydrogen-bond acceptors (Lipinski definition) is 4. The van der Waals surface area contributed by atoms with Crippen molar-refractivity contribution in [3.63, 3.8) is 0 Å². The molecule has 4 nitrogen and oxygen atoms in total. The molecule has 1 aromatic carbocycles. The van der Waals surface area contributed by atoms with Crippen molar-refractivity contribution in [3.8, 4) is 10.6 Å². The second kappa shape index (κ2) is 6.54. The molecule has 6 heteroatoms. The molecule has 1 saturated heterocycles. The third-order valence-corrected chi connectivity index (χ3v) is 4.96. The third-order valence-electron chi connectivity index (χ3n) is 3.94. The minimum Gasteiger partial charge on any atom is -0.336 e. The van der Waals surface area contributed by atoms with Crippen LogP contribution in [0.3, 0.4) is 0 Å².